The Labute approximate surface area is 177 Å². The lowest BCUT2D eigenvalue weighted by atomic mass is 10.2. The highest BCUT2D eigenvalue weighted by molar-refractivity contribution is 9.10. The molecule has 1 aromatic heterocycles. The number of hydrogen-bond acceptors (Lipinski definition) is 5. The highest BCUT2D eigenvalue weighted by atomic mass is 79.9. The molecule has 2 aromatic carbocycles. The second-order valence-electron chi connectivity index (χ2n) is 5.93. The van der Waals surface area contributed by atoms with Crippen LogP contribution in [0.4, 0.5) is 11.4 Å². The monoisotopic (exact) mass is 475 g/mol. The molecule has 0 saturated carbocycles. The van der Waals surface area contributed by atoms with Crippen LogP contribution in [-0.2, 0) is 10.0 Å². The van der Waals surface area contributed by atoms with Crippen molar-refractivity contribution in [3.63, 3.8) is 0 Å². The fourth-order valence-electron chi connectivity index (χ4n) is 2.45. The van der Waals surface area contributed by atoms with Crippen LogP contribution in [0.2, 0.25) is 0 Å². The minimum atomic E-state index is -3.80. The fourth-order valence-corrected chi connectivity index (χ4v) is 3.75. The predicted octanol–water partition coefficient (Wildman–Crippen LogP) is 4.30. The molecule has 0 radical (unpaired) electrons. The molecular weight excluding hydrogens is 458 g/mol. The SMILES string of the molecule is CCOc1ccc(NC(=O)c2cncc(NS(=O)(=O)c3ccc(Br)cc3)c2)cc1. The van der Waals surface area contributed by atoms with Crippen molar-refractivity contribution in [2.24, 2.45) is 0 Å². The van der Waals surface area contributed by atoms with Gasteiger partial charge < -0.3 is 10.1 Å². The van der Waals surface area contributed by atoms with Crippen LogP contribution in [0.25, 0.3) is 0 Å². The normalized spacial score (nSPS) is 11.0. The molecule has 1 amide bonds. The Bertz CT molecular complexity index is 1100. The van der Waals surface area contributed by atoms with Gasteiger partial charge >= 0.3 is 0 Å². The van der Waals surface area contributed by atoms with E-state index in [2.05, 4.69) is 31.0 Å². The number of aromatic nitrogens is 1. The summed E-state index contributed by atoms with van der Waals surface area (Å²) in [5.41, 5.74) is 0.987. The Balaban J connectivity index is 1.73. The summed E-state index contributed by atoms with van der Waals surface area (Å²) < 4.78 is 33.6. The topological polar surface area (TPSA) is 97.4 Å². The Hall–Kier alpha value is -2.91. The number of benzene rings is 2. The molecule has 0 aliphatic rings. The first-order chi connectivity index (χ1) is 13.9. The van der Waals surface area contributed by atoms with Crippen LogP contribution < -0.4 is 14.8 Å². The quantitative estimate of drug-likeness (QED) is 0.530. The fraction of sp³-hybridized carbons (Fsp3) is 0.100. The second-order valence-corrected chi connectivity index (χ2v) is 8.53. The first-order valence-corrected chi connectivity index (χ1v) is 10.9. The Kier molecular flexibility index (Phi) is 6.50. The average molecular weight is 476 g/mol. The maximum absolute atomic E-state index is 12.5. The molecule has 7 nitrogen and oxygen atoms in total. The van der Waals surface area contributed by atoms with Gasteiger partial charge in [0.05, 0.1) is 29.0 Å². The van der Waals surface area contributed by atoms with Gasteiger partial charge in [-0.1, -0.05) is 15.9 Å². The predicted molar refractivity (Wildman–Crippen MR) is 115 cm³/mol. The summed E-state index contributed by atoms with van der Waals surface area (Å²) in [6.07, 6.45) is 2.70. The molecule has 1 heterocycles. The number of nitrogens with zero attached hydrogens (tertiary/aromatic N) is 1. The van der Waals surface area contributed by atoms with Crippen LogP contribution in [-0.4, -0.2) is 25.9 Å². The summed E-state index contributed by atoms with van der Waals surface area (Å²) in [6, 6.07) is 14.6. The molecule has 9 heteroatoms. The van der Waals surface area contributed by atoms with Crippen molar-refractivity contribution in [3.05, 3.63) is 77.0 Å². The maximum Gasteiger partial charge on any atom is 0.261 e. The molecule has 0 saturated heterocycles. The van der Waals surface area contributed by atoms with Crippen LogP contribution in [0.15, 0.2) is 76.4 Å². The third-order valence-corrected chi connectivity index (χ3v) is 5.73. The lowest BCUT2D eigenvalue weighted by Gasteiger charge is -2.10. The second kappa shape index (κ2) is 9.06. The number of rotatable bonds is 7. The number of amides is 1. The highest BCUT2D eigenvalue weighted by Crippen LogP contribution is 2.20. The van der Waals surface area contributed by atoms with Gasteiger partial charge in [-0.05, 0) is 61.5 Å². The number of ether oxygens (including phenoxy) is 1. The van der Waals surface area contributed by atoms with Crippen molar-refractivity contribution in [2.45, 2.75) is 11.8 Å². The van der Waals surface area contributed by atoms with Crippen LogP contribution >= 0.6 is 15.9 Å². The number of hydrogen-bond donors (Lipinski definition) is 2. The van der Waals surface area contributed by atoms with E-state index >= 15 is 0 Å². The van der Waals surface area contributed by atoms with Crippen LogP contribution in [0.3, 0.4) is 0 Å². The van der Waals surface area contributed by atoms with E-state index in [4.69, 9.17) is 4.74 Å². The van der Waals surface area contributed by atoms with Crippen molar-refractivity contribution < 1.29 is 17.9 Å². The number of halogens is 1. The summed E-state index contributed by atoms with van der Waals surface area (Å²) >= 11 is 3.27. The number of carbonyl (C=O) groups is 1. The van der Waals surface area contributed by atoms with E-state index in [1.807, 2.05) is 6.92 Å². The Morgan fingerprint density at radius 1 is 1.03 bits per heavy atom. The number of sulfonamides is 1. The van der Waals surface area contributed by atoms with Gasteiger partial charge in [-0.15, -0.1) is 0 Å². The van der Waals surface area contributed by atoms with Crippen LogP contribution in [0.5, 0.6) is 5.75 Å². The van der Waals surface area contributed by atoms with Gasteiger partial charge in [0.25, 0.3) is 15.9 Å². The lowest BCUT2D eigenvalue weighted by molar-refractivity contribution is 0.102. The summed E-state index contributed by atoms with van der Waals surface area (Å²) in [4.78, 5) is 16.5. The van der Waals surface area contributed by atoms with Crippen molar-refractivity contribution in [1.29, 1.82) is 0 Å². The van der Waals surface area contributed by atoms with Gasteiger partial charge in [-0.3, -0.25) is 14.5 Å². The van der Waals surface area contributed by atoms with Crippen molar-refractivity contribution in [1.82, 2.24) is 4.98 Å². The zero-order valence-corrected chi connectivity index (χ0v) is 17.8. The van der Waals surface area contributed by atoms with E-state index in [0.717, 1.165) is 4.47 Å². The van der Waals surface area contributed by atoms with Crippen LogP contribution in [0.1, 0.15) is 17.3 Å². The molecule has 0 unspecified atom stereocenters. The van der Waals surface area contributed by atoms with Gasteiger partial charge in [0.1, 0.15) is 5.75 Å². The minimum Gasteiger partial charge on any atom is -0.494 e. The highest BCUT2D eigenvalue weighted by Gasteiger charge is 2.15. The van der Waals surface area contributed by atoms with E-state index in [1.54, 1.807) is 36.4 Å². The molecule has 0 fully saturated rings. The van der Waals surface area contributed by atoms with Gasteiger partial charge in [0.2, 0.25) is 0 Å². The Morgan fingerprint density at radius 3 is 2.38 bits per heavy atom. The summed E-state index contributed by atoms with van der Waals surface area (Å²) in [5, 5.41) is 2.74. The summed E-state index contributed by atoms with van der Waals surface area (Å²) in [5.74, 6) is 0.294. The van der Waals surface area contributed by atoms with Crippen molar-refractivity contribution in [3.8, 4) is 5.75 Å². The molecule has 0 atom stereocenters. The molecule has 150 valence electrons. The van der Waals surface area contributed by atoms with Gasteiger partial charge in [-0.2, -0.15) is 0 Å². The maximum atomic E-state index is 12.5. The number of anilines is 2. The lowest BCUT2D eigenvalue weighted by Crippen LogP contribution is -2.15. The van der Waals surface area contributed by atoms with Gasteiger partial charge in [0.15, 0.2) is 0 Å². The molecule has 3 rings (SSSR count). The smallest absolute Gasteiger partial charge is 0.261 e. The molecule has 0 bridgehead atoms. The van der Waals surface area contributed by atoms with E-state index in [0.29, 0.717) is 18.0 Å². The molecule has 2 N–H and O–H groups in total. The van der Waals surface area contributed by atoms with Crippen molar-refractivity contribution >= 4 is 43.2 Å². The van der Waals surface area contributed by atoms with Crippen molar-refractivity contribution in [2.75, 3.05) is 16.6 Å². The average Bonchev–Trinajstić information content (AvgIpc) is 2.70. The minimum absolute atomic E-state index is 0.102. The molecule has 0 aliphatic heterocycles. The zero-order valence-electron chi connectivity index (χ0n) is 15.4. The third kappa shape index (κ3) is 5.55. The van der Waals surface area contributed by atoms with Gasteiger partial charge in [0, 0.05) is 16.4 Å². The molecular formula is C20H18BrN3O4S. The number of carbonyl (C=O) groups excluding carboxylic acids is 1. The summed E-state index contributed by atoms with van der Waals surface area (Å²) in [7, 11) is -3.80. The standard InChI is InChI=1S/C20H18BrN3O4S/c1-2-28-18-7-5-16(6-8-18)23-20(25)14-11-17(13-22-12-14)24-29(26,27)19-9-3-15(21)4-10-19/h3-13,24H,2H2,1H3,(H,23,25). The summed E-state index contributed by atoms with van der Waals surface area (Å²) in [6.45, 7) is 2.45. The van der Waals surface area contributed by atoms with E-state index < -0.39 is 15.9 Å². The van der Waals surface area contributed by atoms with E-state index in [9.17, 15) is 13.2 Å². The number of pyridine rings is 1. The Morgan fingerprint density at radius 2 is 1.72 bits per heavy atom. The van der Waals surface area contributed by atoms with Gasteiger partial charge in [-0.25, -0.2) is 8.42 Å². The molecule has 0 aliphatic carbocycles. The zero-order chi connectivity index (χ0) is 20.9. The first kappa shape index (κ1) is 20.8. The van der Waals surface area contributed by atoms with Crippen LogP contribution in [0, 0.1) is 0 Å². The largest absolute Gasteiger partial charge is 0.494 e. The van der Waals surface area contributed by atoms with E-state index in [1.165, 1.54) is 30.6 Å². The molecule has 0 spiro atoms. The third-order valence-electron chi connectivity index (χ3n) is 3.80. The first-order valence-electron chi connectivity index (χ1n) is 8.65. The van der Waals surface area contributed by atoms with E-state index in [-0.39, 0.29) is 16.1 Å². The number of nitrogens with one attached hydrogen (secondary N) is 2. The molecule has 3 aromatic rings. The molecule has 29 heavy (non-hydrogen) atoms.